The van der Waals surface area contributed by atoms with E-state index in [0.29, 0.717) is 5.92 Å². The molecule has 0 saturated carbocycles. The van der Waals surface area contributed by atoms with Gasteiger partial charge in [0.05, 0.1) is 18.0 Å². The average Bonchev–Trinajstić information content (AvgIpc) is 2.47. The lowest BCUT2D eigenvalue weighted by Crippen LogP contribution is -2.31. The third-order valence-corrected chi connectivity index (χ3v) is 4.19. The van der Waals surface area contributed by atoms with Gasteiger partial charge in [0.1, 0.15) is 0 Å². The standard InChI is InChI=1S/C17H21N3/c18-16(13-8-5-3-6-9-13)17-15-11-7-2-1-4-10-14(15)12-19-20-17/h3,5-6,8-10,12,15-16H,1-2,4,7,11,18H2/b14-10-. The van der Waals surface area contributed by atoms with Crippen LogP contribution in [0.4, 0.5) is 0 Å². The van der Waals surface area contributed by atoms with Crippen molar-refractivity contribution in [2.24, 2.45) is 21.9 Å². The van der Waals surface area contributed by atoms with Gasteiger partial charge < -0.3 is 5.73 Å². The van der Waals surface area contributed by atoms with Crippen LogP contribution >= 0.6 is 0 Å². The Bertz CT molecular complexity index is 543. The van der Waals surface area contributed by atoms with Gasteiger partial charge in [0.2, 0.25) is 0 Å². The van der Waals surface area contributed by atoms with Crippen LogP contribution < -0.4 is 5.73 Å². The van der Waals surface area contributed by atoms with Crippen LogP contribution in [0, 0.1) is 5.92 Å². The summed E-state index contributed by atoms with van der Waals surface area (Å²) >= 11 is 0. The Balaban J connectivity index is 1.90. The van der Waals surface area contributed by atoms with E-state index in [1.165, 1.54) is 24.8 Å². The van der Waals surface area contributed by atoms with Crippen molar-refractivity contribution in [1.29, 1.82) is 0 Å². The van der Waals surface area contributed by atoms with E-state index in [1.54, 1.807) is 0 Å². The molecule has 1 aromatic rings. The van der Waals surface area contributed by atoms with Gasteiger partial charge in [-0.3, -0.25) is 0 Å². The Morgan fingerprint density at radius 3 is 2.80 bits per heavy atom. The van der Waals surface area contributed by atoms with Crippen molar-refractivity contribution >= 4 is 11.9 Å². The van der Waals surface area contributed by atoms with Crippen LogP contribution in [0.15, 0.2) is 52.2 Å². The van der Waals surface area contributed by atoms with Crippen LogP contribution in [0.3, 0.4) is 0 Å². The second kappa shape index (κ2) is 6.14. The first-order valence-electron chi connectivity index (χ1n) is 7.47. The van der Waals surface area contributed by atoms with Crippen molar-refractivity contribution in [2.45, 2.75) is 38.1 Å². The number of allylic oxidation sites excluding steroid dienone is 2. The largest absolute Gasteiger partial charge is 0.319 e. The molecule has 1 aliphatic carbocycles. The second-order valence-corrected chi connectivity index (χ2v) is 5.55. The van der Waals surface area contributed by atoms with Crippen LogP contribution in [0.25, 0.3) is 0 Å². The van der Waals surface area contributed by atoms with E-state index in [-0.39, 0.29) is 6.04 Å². The van der Waals surface area contributed by atoms with Gasteiger partial charge in [-0.05, 0) is 30.4 Å². The zero-order valence-electron chi connectivity index (χ0n) is 11.7. The van der Waals surface area contributed by atoms with E-state index in [0.717, 1.165) is 24.1 Å². The second-order valence-electron chi connectivity index (χ2n) is 5.55. The van der Waals surface area contributed by atoms with Crippen LogP contribution in [0.5, 0.6) is 0 Å². The number of fused-ring (bicyclic) bond motifs is 1. The summed E-state index contributed by atoms with van der Waals surface area (Å²) in [6, 6.07) is 10.0. The van der Waals surface area contributed by atoms with Crippen LogP contribution in [0.1, 0.15) is 43.7 Å². The van der Waals surface area contributed by atoms with E-state index in [1.807, 2.05) is 24.4 Å². The lowest BCUT2D eigenvalue weighted by molar-refractivity contribution is 0.578. The molecule has 0 fully saturated rings. The fourth-order valence-electron chi connectivity index (χ4n) is 3.05. The molecule has 3 heteroatoms. The Kier molecular flexibility index (Phi) is 4.07. The molecule has 2 N–H and O–H groups in total. The Labute approximate surface area is 120 Å². The third kappa shape index (κ3) is 2.73. The summed E-state index contributed by atoms with van der Waals surface area (Å²) in [6.45, 7) is 0. The molecule has 1 heterocycles. The van der Waals surface area contributed by atoms with E-state index in [2.05, 4.69) is 28.4 Å². The third-order valence-electron chi connectivity index (χ3n) is 4.19. The van der Waals surface area contributed by atoms with Crippen molar-refractivity contribution in [1.82, 2.24) is 0 Å². The van der Waals surface area contributed by atoms with E-state index >= 15 is 0 Å². The molecule has 1 aliphatic heterocycles. The van der Waals surface area contributed by atoms with Gasteiger partial charge in [-0.2, -0.15) is 10.2 Å². The predicted octanol–water partition coefficient (Wildman–Crippen LogP) is 3.63. The molecular weight excluding hydrogens is 246 g/mol. The average molecular weight is 267 g/mol. The molecule has 2 unspecified atom stereocenters. The molecule has 0 aromatic heterocycles. The highest BCUT2D eigenvalue weighted by Crippen LogP contribution is 2.30. The predicted molar refractivity (Wildman–Crippen MR) is 84.0 cm³/mol. The van der Waals surface area contributed by atoms with Crippen molar-refractivity contribution in [2.75, 3.05) is 0 Å². The number of rotatable bonds is 2. The normalized spacial score (nSPS) is 26.6. The number of hydrogen-bond donors (Lipinski definition) is 1. The summed E-state index contributed by atoms with van der Waals surface area (Å²) in [6.07, 6.45) is 10.3. The highest BCUT2D eigenvalue weighted by Gasteiger charge is 2.28. The fourth-order valence-corrected chi connectivity index (χ4v) is 3.05. The van der Waals surface area contributed by atoms with Crippen molar-refractivity contribution in [3.63, 3.8) is 0 Å². The molecule has 0 bridgehead atoms. The van der Waals surface area contributed by atoms with Gasteiger partial charge in [-0.25, -0.2) is 0 Å². The van der Waals surface area contributed by atoms with Gasteiger partial charge in [0.15, 0.2) is 0 Å². The molecule has 20 heavy (non-hydrogen) atoms. The first-order valence-corrected chi connectivity index (χ1v) is 7.47. The van der Waals surface area contributed by atoms with Crippen LogP contribution in [-0.2, 0) is 0 Å². The summed E-state index contributed by atoms with van der Waals surface area (Å²) in [5.41, 5.74) is 9.88. The van der Waals surface area contributed by atoms with Crippen LogP contribution in [-0.4, -0.2) is 11.9 Å². The molecule has 104 valence electrons. The lowest BCUT2D eigenvalue weighted by atomic mass is 9.81. The van der Waals surface area contributed by atoms with Gasteiger partial charge >= 0.3 is 0 Å². The van der Waals surface area contributed by atoms with Crippen molar-refractivity contribution in [3.05, 3.63) is 47.5 Å². The van der Waals surface area contributed by atoms with Crippen molar-refractivity contribution in [3.8, 4) is 0 Å². The van der Waals surface area contributed by atoms with Crippen LogP contribution in [0.2, 0.25) is 0 Å². The van der Waals surface area contributed by atoms with Gasteiger partial charge in [-0.15, -0.1) is 0 Å². The van der Waals surface area contributed by atoms with Gasteiger partial charge in [0.25, 0.3) is 0 Å². The summed E-state index contributed by atoms with van der Waals surface area (Å²) in [5, 5.41) is 8.56. The Morgan fingerprint density at radius 1 is 1.10 bits per heavy atom. The smallest absolute Gasteiger partial charge is 0.0711 e. The first kappa shape index (κ1) is 13.3. The molecule has 0 amide bonds. The maximum absolute atomic E-state index is 6.43. The molecule has 0 radical (unpaired) electrons. The molecule has 0 spiro atoms. The molecular formula is C17H21N3. The molecule has 3 nitrogen and oxygen atoms in total. The maximum atomic E-state index is 6.43. The number of nitrogens with two attached hydrogens (primary N) is 1. The number of hydrogen-bond acceptors (Lipinski definition) is 3. The minimum absolute atomic E-state index is 0.151. The minimum Gasteiger partial charge on any atom is -0.319 e. The quantitative estimate of drug-likeness (QED) is 0.874. The van der Waals surface area contributed by atoms with Crippen molar-refractivity contribution < 1.29 is 0 Å². The molecule has 0 saturated heterocycles. The van der Waals surface area contributed by atoms with E-state index in [4.69, 9.17) is 5.73 Å². The Hall–Kier alpha value is -1.74. The topological polar surface area (TPSA) is 50.7 Å². The maximum Gasteiger partial charge on any atom is 0.0711 e. The monoisotopic (exact) mass is 267 g/mol. The Morgan fingerprint density at radius 2 is 1.95 bits per heavy atom. The number of nitrogens with zero attached hydrogens (tertiary/aromatic N) is 2. The van der Waals surface area contributed by atoms with Gasteiger partial charge in [-0.1, -0.05) is 49.2 Å². The summed E-state index contributed by atoms with van der Waals surface area (Å²) in [4.78, 5) is 0. The highest BCUT2D eigenvalue weighted by atomic mass is 15.2. The first-order chi connectivity index (χ1) is 9.86. The highest BCUT2D eigenvalue weighted by molar-refractivity contribution is 6.01. The molecule has 2 aliphatic rings. The molecule has 3 rings (SSSR count). The fraction of sp³-hybridized carbons (Fsp3) is 0.412. The summed E-state index contributed by atoms with van der Waals surface area (Å²) in [7, 11) is 0. The lowest BCUT2D eigenvalue weighted by Gasteiger charge is -2.27. The number of benzene rings is 1. The SMILES string of the molecule is NC(C1=NN=C/C2=C/CCCCCC12)c1ccccc1. The molecule has 2 atom stereocenters. The zero-order chi connectivity index (χ0) is 13.8. The minimum atomic E-state index is -0.151. The van der Waals surface area contributed by atoms with E-state index in [9.17, 15) is 0 Å². The van der Waals surface area contributed by atoms with Gasteiger partial charge in [0, 0.05) is 5.92 Å². The molecule has 1 aromatic carbocycles. The zero-order valence-corrected chi connectivity index (χ0v) is 11.7. The van der Waals surface area contributed by atoms with E-state index < -0.39 is 0 Å². The summed E-state index contributed by atoms with van der Waals surface area (Å²) < 4.78 is 0. The summed E-state index contributed by atoms with van der Waals surface area (Å²) in [5.74, 6) is 0.350.